The van der Waals surface area contributed by atoms with Gasteiger partial charge in [-0.1, -0.05) is 0 Å². The van der Waals surface area contributed by atoms with Gasteiger partial charge in [-0.05, 0) is 41.3 Å². The van der Waals surface area contributed by atoms with Crippen LogP contribution in [0, 0.1) is 23.5 Å². The summed E-state index contributed by atoms with van der Waals surface area (Å²) in [6.07, 6.45) is 1.13. The molecule has 7 heteroatoms. The summed E-state index contributed by atoms with van der Waals surface area (Å²) in [5.41, 5.74) is -0.123. The number of carbonyl (C=O) groups is 2. The monoisotopic (exact) mass is 347 g/mol. The molecule has 0 saturated heterocycles. The SMILES string of the molecule is O=C(O)[C@H]1CC[C@@H](C(=O)Nc2cc(Br)c(F)cc2F)C1. The lowest BCUT2D eigenvalue weighted by Gasteiger charge is -2.12. The number of amides is 1. The topological polar surface area (TPSA) is 66.4 Å². The van der Waals surface area contributed by atoms with Crippen molar-refractivity contribution in [3.05, 3.63) is 28.2 Å². The van der Waals surface area contributed by atoms with Crippen LogP contribution in [-0.4, -0.2) is 17.0 Å². The molecule has 1 aliphatic carbocycles. The van der Waals surface area contributed by atoms with Crippen LogP contribution in [0.1, 0.15) is 19.3 Å². The van der Waals surface area contributed by atoms with Crippen LogP contribution >= 0.6 is 15.9 Å². The number of carbonyl (C=O) groups excluding carboxylic acids is 1. The maximum absolute atomic E-state index is 13.5. The van der Waals surface area contributed by atoms with Crippen molar-refractivity contribution in [2.24, 2.45) is 11.8 Å². The molecule has 2 N–H and O–H groups in total. The van der Waals surface area contributed by atoms with Crippen molar-refractivity contribution in [2.45, 2.75) is 19.3 Å². The molecule has 20 heavy (non-hydrogen) atoms. The highest BCUT2D eigenvalue weighted by Gasteiger charge is 2.34. The van der Waals surface area contributed by atoms with E-state index in [-0.39, 0.29) is 16.6 Å². The number of benzene rings is 1. The van der Waals surface area contributed by atoms with Crippen molar-refractivity contribution in [3.63, 3.8) is 0 Å². The molecule has 0 aromatic heterocycles. The van der Waals surface area contributed by atoms with Crippen molar-refractivity contribution in [1.82, 2.24) is 0 Å². The number of carboxylic acid groups (broad SMARTS) is 1. The first-order valence-corrected chi connectivity index (χ1v) is 6.86. The molecule has 0 unspecified atom stereocenters. The number of carboxylic acids is 1. The summed E-state index contributed by atoms with van der Waals surface area (Å²) in [5, 5.41) is 11.3. The second-order valence-corrected chi connectivity index (χ2v) is 5.63. The molecule has 0 spiro atoms. The fourth-order valence-corrected chi connectivity index (χ4v) is 2.64. The Morgan fingerprint density at radius 1 is 1.20 bits per heavy atom. The third kappa shape index (κ3) is 3.15. The van der Waals surface area contributed by atoms with Gasteiger partial charge in [-0.2, -0.15) is 0 Å². The van der Waals surface area contributed by atoms with Crippen molar-refractivity contribution in [3.8, 4) is 0 Å². The Labute approximate surface area is 122 Å². The van der Waals surface area contributed by atoms with Gasteiger partial charge in [0.15, 0.2) is 0 Å². The number of nitrogens with one attached hydrogen (secondary N) is 1. The van der Waals surface area contributed by atoms with E-state index >= 15 is 0 Å². The lowest BCUT2D eigenvalue weighted by atomic mass is 10.0. The first-order chi connectivity index (χ1) is 9.38. The van der Waals surface area contributed by atoms with Crippen molar-refractivity contribution in [2.75, 3.05) is 5.32 Å². The Bertz CT molecular complexity index is 565. The van der Waals surface area contributed by atoms with Gasteiger partial charge in [0, 0.05) is 12.0 Å². The molecule has 1 amide bonds. The summed E-state index contributed by atoms with van der Waals surface area (Å²) >= 11 is 2.91. The fraction of sp³-hybridized carbons (Fsp3) is 0.385. The number of hydrogen-bond donors (Lipinski definition) is 2. The summed E-state index contributed by atoms with van der Waals surface area (Å²) in [4.78, 5) is 22.8. The summed E-state index contributed by atoms with van der Waals surface area (Å²) < 4.78 is 26.6. The Balaban J connectivity index is 2.06. The van der Waals surface area contributed by atoms with Gasteiger partial charge in [-0.15, -0.1) is 0 Å². The highest BCUT2D eigenvalue weighted by atomic mass is 79.9. The van der Waals surface area contributed by atoms with Crippen LogP contribution in [0.4, 0.5) is 14.5 Å². The number of rotatable bonds is 3. The minimum atomic E-state index is -0.920. The highest BCUT2D eigenvalue weighted by molar-refractivity contribution is 9.10. The third-order valence-electron chi connectivity index (χ3n) is 3.42. The molecule has 0 bridgehead atoms. The second kappa shape index (κ2) is 5.87. The lowest BCUT2D eigenvalue weighted by molar-refractivity contribution is -0.141. The van der Waals surface area contributed by atoms with Crippen LogP contribution in [0.2, 0.25) is 0 Å². The summed E-state index contributed by atoms with van der Waals surface area (Å²) in [6.45, 7) is 0. The molecular formula is C13H12BrF2NO3. The van der Waals surface area contributed by atoms with E-state index in [0.29, 0.717) is 18.9 Å². The van der Waals surface area contributed by atoms with E-state index in [9.17, 15) is 18.4 Å². The van der Waals surface area contributed by atoms with Crippen molar-refractivity contribution >= 4 is 33.5 Å². The van der Waals surface area contributed by atoms with Crippen molar-refractivity contribution < 1.29 is 23.5 Å². The van der Waals surface area contributed by atoms with Gasteiger partial charge in [0.25, 0.3) is 0 Å². The molecule has 2 atom stereocenters. The zero-order valence-electron chi connectivity index (χ0n) is 10.3. The molecule has 1 aromatic rings. The van der Waals surface area contributed by atoms with E-state index in [4.69, 9.17) is 5.11 Å². The third-order valence-corrected chi connectivity index (χ3v) is 4.03. The summed E-state index contributed by atoms with van der Waals surface area (Å²) in [5.74, 6) is -3.98. The van der Waals surface area contributed by atoms with Crippen LogP contribution in [0.5, 0.6) is 0 Å². The molecular weight excluding hydrogens is 336 g/mol. The summed E-state index contributed by atoms with van der Waals surface area (Å²) in [6, 6.07) is 1.82. The normalized spacial score (nSPS) is 21.8. The molecule has 1 saturated carbocycles. The summed E-state index contributed by atoms with van der Waals surface area (Å²) in [7, 11) is 0. The predicted octanol–water partition coefficient (Wildman–Crippen LogP) is 3.17. The van der Waals surface area contributed by atoms with Crippen LogP contribution in [-0.2, 0) is 9.59 Å². The molecule has 1 aliphatic rings. The zero-order chi connectivity index (χ0) is 14.9. The van der Waals surface area contributed by atoms with Crippen LogP contribution in [0.15, 0.2) is 16.6 Å². The molecule has 2 rings (SSSR count). The van der Waals surface area contributed by atoms with Crippen molar-refractivity contribution in [1.29, 1.82) is 0 Å². The van der Waals surface area contributed by atoms with E-state index in [1.807, 2.05) is 0 Å². The van der Waals surface area contributed by atoms with Gasteiger partial charge in [0.2, 0.25) is 5.91 Å². The van der Waals surface area contributed by atoms with Gasteiger partial charge in [-0.25, -0.2) is 8.78 Å². The van der Waals surface area contributed by atoms with Crippen LogP contribution in [0.3, 0.4) is 0 Å². The smallest absolute Gasteiger partial charge is 0.306 e. The average Bonchev–Trinajstić information content (AvgIpc) is 2.85. The number of halogens is 3. The molecule has 0 radical (unpaired) electrons. The maximum atomic E-state index is 13.5. The fourth-order valence-electron chi connectivity index (χ4n) is 2.30. The molecule has 1 aromatic carbocycles. The molecule has 0 aliphatic heterocycles. The van der Waals surface area contributed by atoms with Gasteiger partial charge < -0.3 is 10.4 Å². The van der Waals surface area contributed by atoms with Gasteiger partial charge in [0.1, 0.15) is 11.6 Å². The largest absolute Gasteiger partial charge is 0.481 e. The minimum absolute atomic E-state index is 0.0454. The zero-order valence-corrected chi connectivity index (χ0v) is 11.9. The number of hydrogen-bond acceptors (Lipinski definition) is 2. The molecule has 0 heterocycles. The van der Waals surface area contributed by atoms with E-state index in [1.54, 1.807) is 0 Å². The maximum Gasteiger partial charge on any atom is 0.306 e. The van der Waals surface area contributed by atoms with Crippen LogP contribution < -0.4 is 5.32 Å². The minimum Gasteiger partial charge on any atom is -0.481 e. The Hall–Kier alpha value is -1.50. The van der Waals surface area contributed by atoms with Gasteiger partial charge in [-0.3, -0.25) is 9.59 Å². The first kappa shape index (κ1) is 14.9. The predicted molar refractivity (Wildman–Crippen MR) is 71.2 cm³/mol. The molecule has 108 valence electrons. The Kier molecular flexibility index (Phi) is 4.37. The number of aliphatic carboxylic acids is 1. The Morgan fingerprint density at radius 3 is 2.45 bits per heavy atom. The van der Waals surface area contributed by atoms with Gasteiger partial charge >= 0.3 is 5.97 Å². The van der Waals surface area contributed by atoms with E-state index in [2.05, 4.69) is 21.2 Å². The first-order valence-electron chi connectivity index (χ1n) is 6.06. The average molecular weight is 348 g/mol. The number of anilines is 1. The van der Waals surface area contributed by atoms with E-state index in [0.717, 1.165) is 6.07 Å². The van der Waals surface area contributed by atoms with Gasteiger partial charge in [0.05, 0.1) is 16.1 Å². The quantitative estimate of drug-likeness (QED) is 0.825. The lowest BCUT2D eigenvalue weighted by Crippen LogP contribution is -2.22. The second-order valence-electron chi connectivity index (χ2n) is 4.78. The Morgan fingerprint density at radius 2 is 1.85 bits per heavy atom. The molecule has 1 fully saturated rings. The standard InChI is InChI=1S/C13H12BrF2NO3/c14-8-4-11(10(16)5-9(8)15)17-12(18)6-1-2-7(3-6)13(19)20/h4-7H,1-3H2,(H,17,18)(H,19,20)/t6-,7+/m1/s1. The van der Waals surface area contributed by atoms with E-state index < -0.39 is 35.3 Å². The van der Waals surface area contributed by atoms with E-state index in [1.165, 1.54) is 0 Å². The molecule has 4 nitrogen and oxygen atoms in total. The van der Waals surface area contributed by atoms with Crippen LogP contribution in [0.25, 0.3) is 0 Å². The highest BCUT2D eigenvalue weighted by Crippen LogP contribution is 2.32.